The highest BCUT2D eigenvalue weighted by Gasteiger charge is 2.07. The highest BCUT2D eigenvalue weighted by Crippen LogP contribution is 2.27. The molecule has 0 N–H and O–H groups in total. The first-order chi connectivity index (χ1) is 8.66. The Morgan fingerprint density at radius 2 is 1.94 bits per heavy atom. The minimum absolute atomic E-state index is 0.166. The van der Waals surface area contributed by atoms with Crippen LogP contribution in [0.4, 0.5) is 0 Å². The van der Waals surface area contributed by atoms with Gasteiger partial charge in [-0.1, -0.05) is 35.9 Å². The topological polar surface area (TPSA) is 17.1 Å². The third-order valence-corrected chi connectivity index (χ3v) is 4.56. The van der Waals surface area contributed by atoms with Crippen LogP contribution in [0.1, 0.15) is 15.9 Å². The molecule has 0 heterocycles. The maximum absolute atomic E-state index is 12.0. The molecule has 1 nitrogen and oxygen atoms in total. The third-order valence-electron chi connectivity index (χ3n) is 2.54. The van der Waals surface area contributed by atoms with E-state index in [0.717, 1.165) is 20.5 Å². The fourth-order valence-electron chi connectivity index (χ4n) is 1.61. The molecule has 2 aromatic carbocycles. The Hall–Kier alpha value is -1.06. The Balaban J connectivity index is 2.03. The van der Waals surface area contributed by atoms with Crippen molar-refractivity contribution in [2.75, 3.05) is 5.75 Å². The molecule has 92 valence electrons. The van der Waals surface area contributed by atoms with Crippen LogP contribution in [0.15, 0.2) is 57.9 Å². The van der Waals surface area contributed by atoms with Gasteiger partial charge in [-0.15, -0.1) is 11.8 Å². The van der Waals surface area contributed by atoms with Gasteiger partial charge in [0.1, 0.15) is 0 Å². The van der Waals surface area contributed by atoms with E-state index in [2.05, 4.69) is 15.9 Å². The molecule has 0 amide bonds. The number of hydrogen-bond donors (Lipinski definition) is 0. The number of aryl methyl sites for hydroxylation is 1. The highest BCUT2D eigenvalue weighted by atomic mass is 79.9. The summed E-state index contributed by atoms with van der Waals surface area (Å²) < 4.78 is 1.03. The molecular formula is C15H13BrOS. The normalized spacial score (nSPS) is 10.3. The first-order valence-electron chi connectivity index (χ1n) is 5.64. The predicted molar refractivity (Wildman–Crippen MR) is 80.4 cm³/mol. The second kappa shape index (κ2) is 6.21. The van der Waals surface area contributed by atoms with Gasteiger partial charge in [-0.3, -0.25) is 4.79 Å². The minimum Gasteiger partial charge on any atom is -0.293 e. The standard InChI is InChI=1S/C15H13BrOS/c1-11-5-4-6-12(9-11)14(17)10-18-15-8-3-2-7-13(15)16/h2-9H,10H2,1H3. The van der Waals surface area contributed by atoms with Gasteiger partial charge in [0, 0.05) is 14.9 Å². The van der Waals surface area contributed by atoms with Gasteiger partial charge >= 0.3 is 0 Å². The van der Waals surface area contributed by atoms with Gasteiger partial charge in [-0.05, 0) is 41.1 Å². The van der Waals surface area contributed by atoms with Crippen LogP contribution >= 0.6 is 27.7 Å². The number of halogens is 1. The zero-order chi connectivity index (χ0) is 13.0. The van der Waals surface area contributed by atoms with Gasteiger partial charge in [-0.2, -0.15) is 0 Å². The molecule has 0 aliphatic carbocycles. The average Bonchev–Trinajstić information content (AvgIpc) is 2.37. The maximum atomic E-state index is 12.0. The van der Waals surface area contributed by atoms with Gasteiger partial charge in [0.15, 0.2) is 5.78 Å². The van der Waals surface area contributed by atoms with Crippen molar-refractivity contribution >= 4 is 33.5 Å². The van der Waals surface area contributed by atoms with Crippen LogP contribution in [0, 0.1) is 6.92 Å². The van der Waals surface area contributed by atoms with Crippen molar-refractivity contribution in [1.82, 2.24) is 0 Å². The van der Waals surface area contributed by atoms with Crippen molar-refractivity contribution in [1.29, 1.82) is 0 Å². The number of Topliss-reactive ketones (excluding diaryl/α,β-unsaturated/α-hetero) is 1. The molecule has 0 aliphatic rings. The Morgan fingerprint density at radius 1 is 1.17 bits per heavy atom. The molecule has 0 saturated carbocycles. The molecule has 0 radical (unpaired) electrons. The summed E-state index contributed by atoms with van der Waals surface area (Å²) in [6.07, 6.45) is 0. The first-order valence-corrected chi connectivity index (χ1v) is 7.42. The van der Waals surface area contributed by atoms with Gasteiger partial charge in [0.2, 0.25) is 0 Å². The fourth-order valence-corrected chi connectivity index (χ4v) is 3.07. The molecule has 0 atom stereocenters. The molecule has 0 unspecified atom stereocenters. The zero-order valence-electron chi connectivity index (χ0n) is 10.0. The summed E-state index contributed by atoms with van der Waals surface area (Å²) >= 11 is 5.04. The maximum Gasteiger partial charge on any atom is 0.173 e. The van der Waals surface area contributed by atoms with E-state index in [-0.39, 0.29) is 5.78 Å². The van der Waals surface area contributed by atoms with Crippen molar-refractivity contribution < 1.29 is 4.79 Å². The summed E-state index contributed by atoms with van der Waals surface area (Å²) in [5, 5.41) is 0. The van der Waals surface area contributed by atoms with Crippen LogP contribution < -0.4 is 0 Å². The van der Waals surface area contributed by atoms with E-state index in [1.54, 1.807) is 11.8 Å². The average molecular weight is 321 g/mol. The van der Waals surface area contributed by atoms with Crippen LogP contribution in [0.5, 0.6) is 0 Å². The fraction of sp³-hybridized carbons (Fsp3) is 0.133. The highest BCUT2D eigenvalue weighted by molar-refractivity contribution is 9.10. The molecular weight excluding hydrogens is 308 g/mol. The second-order valence-electron chi connectivity index (χ2n) is 4.01. The molecule has 3 heteroatoms. The van der Waals surface area contributed by atoms with Crippen molar-refractivity contribution in [3.05, 3.63) is 64.1 Å². The van der Waals surface area contributed by atoms with Crippen LogP contribution in [-0.2, 0) is 0 Å². The van der Waals surface area contributed by atoms with Gasteiger partial charge in [-0.25, -0.2) is 0 Å². The van der Waals surface area contributed by atoms with E-state index in [4.69, 9.17) is 0 Å². The van der Waals surface area contributed by atoms with E-state index >= 15 is 0 Å². The van der Waals surface area contributed by atoms with Crippen LogP contribution in [-0.4, -0.2) is 11.5 Å². The van der Waals surface area contributed by atoms with E-state index in [1.807, 2.05) is 55.5 Å². The lowest BCUT2D eigenvalue weighted by atomic mass is 10.1. The van der Waals surface area contributed by atoms with E-state index in [0.29, 0.717) is 5.75 Å². The molecule has 18 heavy (non-hydrogen) atoms. The predicted octanol–water partition coefficient (Wildman–Crippen LogP) is 4.73. The van der Waals surface area contributed by atoms with Gasteiger partial charge in [0.25, 0.3) is 0 Å². The van der Waals surface area contributed by atoms with E-state index in [9.17, 15) is 4.79 Å². The van der Waals surface area contributed by atoms with Crippen molar-refractivity contribution in [2.45, 2.75) is 11.8 Å². The molecule has 0 spiro atoms. The number of ketones is 1. The molecule has 0 aliphatic heterocycles. The summed E-state index contributed by atoms with van der Waals surface area (Å²) in [7, 11) is 0. The Morgan fingerprint density at radius 3 is 2.67 bits per heavy atom. The Labute approximate surface area is 120 Å². The first kappa shape index (κ1) is 13.4. The van der Waals surface area contributed by atoms with Crippen molar-refractivity contribution in [3.63, 3.8) is 0 Å². The van der Waals surface area contributed by atoms with Crippen LogP contribution in [0.25, 0.3) is 0 Å². The van der Waals surface area contributed by atoms with E-state index in [1.165, 1.54) is 0 Å². The number of carbonyl (C=O) groups is 1. The summed E-state index contributed by atoms with van der Waals surface area (Å²) in [6, 6.07) is 15.7. The largest absolute Gasteiger partial charge is 0.293 e. The van der Waals surface area contributed by atoms with Crippen LogP contribution in [0.3, 0.4) is 0 Å². The Bertz CT molecular complexity index is 566. The van der Waals surface area contributed by atoms with Crippen LogP contribution in [0.2, 0.25) is 0 Å². The lowest BCUT2D eigenvalue weighted by Crippen LogP contribution is -2.02. The zero-order valence-corrected chi connectivity index (χ0v) is 12.4. The number of carbonyl (C=O) groups excluding carboxylic acids is 1. The smallest absolute Gasteiger partial charge is 0.173 e. The summed E-state index contributed by atoms with van der Waals surface area (Å²) in [5.41, 5.74) is 1.90. The molecule has 0 bridgehead atoms. The summed E-state index contributed by atoms with van der Waals surface area (Å²) in [4.78, 5) is 13.1. The lowest BCUT2D eigenvalue weighted by Gasteiger charge is -2.04. The monoisotopic (exact) mass is 320 g/mol. The molecule has 2 rings (SSSR count). The number of benzene rings is 2. The van der Waals surface area contributed by atoms with Crippen molar-refractivity contribution in [3.8, 4) is 0 Å². The quantitative estimate of drug-likeness (QED) is 0.598. The molecule has 2 aromatic rings. The molecule has 0 saturated heterocycles. The summed E-state index contributed by atoms with van der Waals surface area (Å²) in [6.45, 7) is 2.00. The lowest BCUT2D eigenvalue weighted by molar-refractivity contribution is 0.102. The molecule has 0 fully saturated rings. The number of rotatable bonds is 4. The summed E-state index contributed by atoms with van der Waals surface area (Å²) in [5.74, 6) is 0.631. The van der Waals surface area contributed by atoms with Crippen molar-refractivity contribution in [2.24, 2.45) is 0 Å². The second-order valence-corrected chi connectivity index (χ2v) is 5.88. The minimum atomic E-state index is 0.166. The number of thioether (sulfide) groups is 1. The van der Waals surface area contributed by atoms with Gasteiger partial charge in [0.05, 0.1) is 5.75 Å². The third kappa shape index (κ3) is 3.47. The SMILES string of the molecule is Cc1cccc(C(=O)CSc2ccccc2Br)c1. The van der Waals surface area contributed by atoms with Gasteiger partial charge < -0.3 is 0 Å². The Kier molecular flexibility index (Phi) is 4.61. The van der Waals surface area contributed by atoms with E-state index < -0.39 is 0 Å². The molecule has 0 aromatic heterocycles. The number of hydrogen-bond acceptors (Lipinski definition) is 2.